The van der Waals surface area contributed by atoms with Gasteiger partial charge in [-0.2, -0.15) is 0 Å². The normalized spacial score (nSPS) is 24.5. The molecule has 2 heteroatoms. The van der Waals surface area contributed by atoms with Gasteiger partial charge in [0.15, 0.2) is 0 Å². The van der Waals surface area contributed by atoms with Crippen molar-refractivity contribution in [2.45, 2.75) is 52.2 Å². The van der Waals surface area contributed by atoms with Crippen molar-refractivity contribution in [3.8, 4) is 0 Å². The summed E-state index contributed by atoms with van der Waals surface area (Å²) >= 11 is 0. The highest BCUT2D eigenvalue weighted by Gasteiger charge is 2.21. The summed E-state index contributed by atoms with van der Waals surface area (Å²) in [6.45, 7) is 9.78. The van der Waals surface area contributed by atoms with Gasteiger partial charge in [-0.15, -0.1) is 0 Å². The quantitative estimate of drug-likeness (QED) is 0.651. The number of hydrogen-bond donors (Lipinski definition) is 0. The van der Waals surface area contributed by atoms with Crippen molar-refractivity contribution in [1.82, 2.24) is 4.90 Å². The second kappa shape index (κ2) is 5.61. The first kappa shape index (κ1) is 11.0. The van der Waals surface area contributed by atoms with Crippen molar-refractivity contribution in [1.29, 1.82) is 0 Å². The van der Waals surface area contributed by atoms with E-state index in [0.29, 0.717) is 6.10 Å². The van der Waals surface area contributed by atoms with Crippen LogP contribution in [0.15, 0.2) is 0 Å². The van der Waals surface area contributed by atoms with Gasteiger partial charge < -0.3 is 4.74 Å². The first-order valence-corrected chi connectivity index (χ1v) is 5.59. The van der Waals surface area contributed by atoms with Gasteiger partial charge in [0, 0.05) is 12.6 Å². The molecule has 0 unspecified atom stereocenters. The minimum atomic E-state index is 0.377. The molecule has 0 saturated carbocycles. The molecule has 13 heavy (non-hydrogen) atoms. The zero-order valence-corrected chi connectivity index (χ0v) is 9.25. The second-order valence-electron chi connectivity index (χ2n) is 4.16. The molecule has 0 aromatic carbocycles. The Balaban J connectivity index is 2.13. The molecule has 0 radical (unpaired) electrons. The highest BCUT2D eigenvalue weighted by atomic mass is 16.5. The molecule has 0 N–H and O–H groups in total. The van der Waals surface area contributed by atoms with Gasteiger partial charge in [-0.25, -0.2) is 0 Å². The smallest absolute Gasteiger partial charge is 0.0597 e. The van der Waals surface area contributed by atoms with Crippen LogP contribution in [0.5, 0.6) is 0 Å². The second-order valence-corrected chi connectivity index (χ2v) is 4.16. The minimum absolute atomic E-state index is 0.377. The van der Waals surface area contributed by atoms with E-state index >= 15 is 0 Å². The Morgan fingerprint density at radius 3 is 2.85 bits per heavy atom. The van der Waals surface area contributed by atoms with E-state index < -0.39 is 0 Å². The monoisotopic (exact) mass is 185 g/mol. The first-order chi connectivity index (χ1) is 6.24. The Morgan fingerprint density at radius 1 is 1.46 bits per heavy atom. The molecule has 1 atom stereocenters. The maximum atomic E-state index is 5.55. The van der Waals surface area contributed by atoms with Gasteiger partial charge in [-0.3, -0.25) is 4.90 Å². The van der Waals surface area contributed by atoms with Gasteiger partial charge in [0.2, 0.25) is 0 Å². The summed E-state index contributed by atoms with van der Waals surface area (Å²) in [4.78, 5) is 2.57. The fourth-order valence-electron chi connectivity index (χ4n) is 2.06. The van der Waals surface area contributed by atoms with Crippen molar-refractivity contribution in [3.05, 3.63) is 0 Å². The van der Waals surface area contributed by atoms with E-state index in [2.05, 4.69) is 25.7 Å². The molecule has 2 nitrogen and oxygen atoms in total. The Labute approximate surface area is 82.3 Å². The van der Waals surface area contributed by atoms with E-state index in [0.717, 1.165) is 19.2 Å². The molecule has 1 heterocycles. The van der Waals surface area contributed by atoms with E-state index in [1.807, 2.05) is 0 Å². The highest BCUT2D eigenvalue weighted by molar-refractivity contribution is 4.77. The average molecular weight is 185 g/mol. The molecule has 1 aliphatic rings. The lowest BCUT2D eigenvalue weighted by molar-refractivity contribution is 0.0561. The topological polar surface area (TPSA) is 12.5 Å². The molecule has 0 aromatic rings. The maximum Gasteiger partial charge on any atom is 0.0597 e. The molecular weight excluding hydrogens is 162 g/mol. The van der Waals surface area contributed by atoms with Gasteiger partial charge in [0.25, 0.3) is 0 Å². The van der Waals surface area contributed by atoms with Crippen molar-refractivity contribution in [2.24, 2.45) is 0 Å². The Morgan fingerprint density at radius 2 is 2.23 bits per heavy atom. The molecule has 78 valence electrons. The van der Waals surface area contributed by atoms with Crippen LogP contribution in [0.3, 0.4) is 0 Å². The van der Waals surface area contributed by atoms with Gasteiger partial charge >= 0.3 is 0 Å². The zero-order valence-electron chi connectivity index (χ0n) is 9.25. The minimum Gasteiger partial charge on any atom is -0.377 e. The molecule has 0 aliphatic carbocycles. The summed E-state index contributed by atoms with van der Waals surface area (Å²) in [6.07, 6.45) is 4.43. The molecule has 1 aliphatic heterocycles. The first-order valence-electron chi connectivity index (χ1n) is 5.59. The zero-order chi connectivity index (χ0) is 9.68. The van der Waals surface area contributed by atoms with Crippen LogP contribution in [-0.4, -0.2) is 36.7 Å². The van der Waals surface area contributed by atoms with Crippen LogP contribution in [0.1, 0.15) is 40.0 Å². The van der Waals surface area contributed by atoms with Crippen molar-refractivity contribution in [2.75, 3.05) is 19.7 Å². The standard InChI is InChI=1S/C11H23NO/c1-4-11-6-5-7-12(11)8-9-13-10(2)3/h10-11H,4-9H2,1-3H3/t11-/m0/s1. The molecule has 0 spiro atoms. The molecule has 0 aromatic heterocycles. The van der Waals surface area contributed by atoms with Crippen LogP contribution in [0, 0.1) is 0 Å². The molecule has 1 fully saturated rings. The molecular formula is C11H23NO. The van der Waals surface area contributed by atoms with Crippen molar-refractivity contribution < 1.29 is 4.74 Å². The maximum absolute atomic E-state index is 5.55. The Kier molecular flexibility index (Phi) is 4.74. The summed E-state index contributed by atoms with van der Waals surface area (Å²) < 4.78 is 5.55. The van der Waals surface area contributed by atoms with Gasteiger partial charge in [-0.05, 0) is 39.7 Å². The third kappa shape index (κ3) is 3.65. The van der Waals surface area contributed by atoms with Crippen molar-refractivity contribution >= 4 is 0 Å². The largest absolute Gasteiger partial charge is 0.377 e. The number of rotatable bonds is 5. The predicted molar refractivity (Wildman–Crippen MR) is 56.0 cm³/mol. The van der Waals surface area contributed by atoms with Crippen LogP contribution < -0.4 is 0 Å². The van der Waals surface area contributed by atoms with E-state index in [9.17, 15) is 0 Å². The predicted octanol–water partition coefficient (Wildman–Crippen LogP) is 2.29. The molecule has 0 bridgehead atoms. The summed E-state index contributed by atoms with van der Waals surface area (Å²) in [5, 5.41) is 0. The van der Waals surface area contributed by atoms with Crippen LogP contribution >= 0.6 is 0 Å². The SMILES string of the molecule is CC[C@H]1CCCN1CCOC(C)C. The highest BCUT2D eigenvalue weighted by Crippen LogP contribution is 2.18. The van der Waals surface area contributed by atoms with E-state index in [1.54, 1.807) is 0 Å². The van der Waals surface area contributed by atoms with E-state index in [4.69, 9.17) is 4.74 Å². The molecule has 0 amide bonds. The lowest BCUT2D eigenvalue weighted by Crippen LogP contribution is -2.32. The number of ether oxygens (including phenoxy) is 1. The number of hydrogen-bond acceptors (Lipinski definition) is 2. The van der Waals surface area contributed by atoms with Crippen LogP contribution in [0.2, 0.25) is 0 Å². The fourth-order valence-corrected chi connectivity index (χ4v) is 2.06. The summed E-state index contributed by atoms with van der Waals surface area (Å²) in [5.74, 6) is 0. The molecule has 1 saturated heterocycles. The summed E-state index contributed by atoms with van der Waals surface area (Å²) in [7, 11) is 0. The average Bonchev–Trinajstić information content (AvgIpc) is 2.51. The Bertz CT molecular complexity index is 136. The van der Waals surface area contributed by atoms with Crippen LogP contribution in [0.4, 0.5) is 0 Å². The van der Waals surface area contributed by atoms with Crippen molar-refractivity contribution in [3.63, 3.8) is 0 Å². The third-order valence-electron chi connectivity index (χ3n) is 2.80. The summed E-state index contributed by atoms with van der Waals surface area (Å²) in [5.41, 5.74) is 0. The Hall–Kier alpha value is -0.0800. The lowest BCUT2D eigenvalue weighted by Gasteiger charge is -2.23. The fraction of sp³-hybridized carbons (Fsp3) is 1.00. The summed E-state index contributed by atoms with van der Waals surface area (Å²) in [6, 6.07) is 0.829. The molecule has 1 rings (SSSR count). The third-order valence-corrected chi connectivity index (χ3v) is 2.80. The van der Waals surface area contributed by atoms with E-state index in [-0.39, 0.29) is 0 Å². The van der Waals surface area contributed by atoms with Gasteiger partial charge in [0.05, 0.1) is 12.7 Å². The van der Waals surface area contributed by atoms with Crippen LogP contribution in [0.25, 0.3) is 0 Å². The van der Waals surface area contributed by atoms with E-state index in [1.165, 1.54) is 25.8 Å². The van der Waals surface area contributed by atoms with Gasteiger partial charge in [0.1, 0.15) is 0 Å². The number of likely N-dealkylation sites (tertiary alicyclic amines) is 1. The van der Waals surface area contributed by atoms with Gasteiger partial charge in [-0.1, -0.05) is 6.92 Å². The lowest BCUT2D eigenvalue weighted by atomic mass is 10.2. The van der Waals surface area contributed by atoms with Crippen LogP contribution in [-0.2, 0) is 4.74 Å². The number of nitrogens with zero attached hydrogens (tertiary/aromatic N) is 1.